The normalized spacial score (nSPS) is 12.3. The molecular formula is C17H21NO5S3. The molecule has 26 heavy (non-hydrogen) atoms. The molecule has 0 aliphatic rings. The van der Waals surface area contributed by atoms with E-state index in [9.17, 15) is 16.8 Å². The summed E-state index contributed by atoms with van der Waals surface area (Å²) >= 11 is 1.53. The van der Waals surface area contributed by atoms with Crippen molar-refractivity contribution < 1.29 is 21.6 Å². The van der Waals surface area contributed by atoms with Crippen molar-refractivity contribution in [2.24, 2.45) is 0 Å². The van der Waals surface area contributed by atoms with Crippen LogP contribution in [0, 0.1) is 0 Å². The van der Waals surface area contributed by atoms with Crippen LogP contribution in [0.2, 0.25) is 0 Å². The average molecular weight is 416 g/mol. The van der Waals surface area contributed by atoms with E-state index < -0.39 is 19.9 Å². The Morgan fingerprint density at radius 2 is 1.65 bits per heavy atom. The maximum atomic E-state index is 12.9. The molecule has 0 aliphatic carbocycles. The number of hydrogen-bond donors (Lipinski definition) is 0. The summed E-state index contributed by atoms with van der Waals surface area (Å²) in [4.78, 5) is 0.518. The van der Waals surface area contributed by atoms with Crippen molar-refractivity contribution in [1.82, 2.24) is 4.31 Å². The number of sulfonamides is 1. The van der Waals surface area contributed by atoms with Gasteiger partial charge < -0.3 is 4.74 Å². The Labute approximate surface area is 159 Å². The van der Waals surface area contributed by atoms with Crippen LogP contribution in [0.5, 0.6) is 5.75 Å². The summed E-state index contributed by atoms with van der Waals surface area (Å²) in [5.41, 5.74) is 0.738. The highest BCUT2D eigenvalue weighted by Crippen LogP contribution is 2.30. The highest BCUT2D eigenvalue weighted by atomic mass is 32.2. The number of nitrogens with zero attached hydrogens (tertiary/aromatic N) is 1. The van der Waals surface area contributed by atoms with E-state index in [1.54, 1.807) is 13.2 Å². The van der Waals surface area contributed by atoms with E-state index in [-0.39, 0.29) is 16.3 Å². The minimum Gasteiger partial charge on any atom is -0.496 e. The number of ether oxygens (including phenoxy) is 1. The SMILES string of the molecule is COc1cc(CN(C)S(=O)(=O)c2ccccc2S(C)(=O)=O)ccc1SC. The Hall–Kier alpha value is -1.55. The van der Waals surface area contributed by atoms with Gasteiger partial charge in [-0.1, -0.05) is 18.2 Å². The van der Waals surface area contributed by atoms with Gasteiger partial charge in [-0.15, -0.1) is 11.8 Å². The van der Waals surface area contributed by atoms with Crippen LogP contribution >= 0.6 is 11.8 Å². The number of benzene rings is 2. The molecule has 0 saturated carbocycles. The Kier molecular flexibility index (Phi) is 6.38. The summed E-state index contributed by atoms with van der Waals surface area (Å²) in [6.07, 6.45) is 2.92. The highest BCUT2D eigenvalue weighted by Gasteiger charge is 2.27. The molecule has 6 nitrogen and oxygen atoms in total. The molecule has 0 bridgehead atoms. The number of methoxy groups -OCH3 is 1. The van der Waals surface area contributed by atoms with Gasteiger partial charge in [0.2, 0.25) is 10.0 Å². The second kappa shape index (κ2) is 7.99. The molecule has 0 heterocycles. The van der Waals surface area contributed by atoms with Gasteiger partial charge in [0.1, 0.15) is 10.6 Å². The molecule has 0 atom stereocenters. The van der Waals surface area contributed by atoms with Crippen LogP contribution < -0.4 is 4.74 Å². The van der Waals surface area contributed by atoms with Gasteiger partial charge in [-0.3, -0.25) is 0 Å². The summed E-state index contributed by atoms with van der Waals surface area (Å²) in [6, 6.07) is 11.1. The summed E-state index contributed by atoms with van der Waals surface area (Å²) < 4.78 is 56.1. The van der Waals surface area contributed by atoms with E-state index >= 15 is 0 Å². The second-order valence-electron chi connectivity index (χ2n) is 5.67. The minimum absolute atomic E-state index is 0.0887. The average Bonchev–Trinajstić information content (AvgIpc) is 2.60. The summed E-state index contributed by atoms with van der Waals surface area (Å²) in [6.45, 7) is 0.0887. The molecule has 0 N–H and O–H groups in total. The van der Waals surface area contributed by atoms with Crippen LogP contribution in [0.1, 0.15) is 5.56 Å². The fourth-order valence-electron chi connectivity index (χ4n) is 2.46. The fourth-order valence-corrected chi connectivity index (χ4v) is 5.76. The highest BCUT2D eigenvalue weighted by molar-refractivity contribution is 7.98. The van der Waals surface area contributed by atoms with Crippen LogP contribution in [-0.2, 0) is 26.4 Å². The predicted molar refractivity (Wildman–Crippen MR) is 103 cm³/mol. The Balaban J connectivity index is 2.40. The van der Waals surface area contributed by atoms with Crippen molar-refractivity contribution >= 4 is 31.6 Å². The van der Waals surface area contributed by atoms with Gasteiger partial charge in [0.25, 0.3) is 0 Å². The second-order valence-corrected chi connectivity index (χ2v) is 10.5. The van der Waals surface area contributed by atoms with E-state index in [0.29, 0.717) is 5.75 Å². The number of sulfone groups is 1. The standard InChI is InChI=1S/C17H21NO5S3/c1-18(12-13-9-10-15(24-3)14(11-13)23-2)26(21,22)17-8-6-5-7-16(17)25(4,19)20/h5-11H,12H2,1-4H3. The molecule has 0 radical (unpaired) electrons. The Morgan fingerprint density at radius 3 is 2.19 bits per heavy atom. The monoisotopic (exact) mass is 415 g/mol. The third-order valence-electron chi connectivity index (χ3n) is 3.79. The zero-order valence-electron chi connectivity index (χ0n) is 15.0. The molecule has 0 spiro atoms. The van der Waals surface area contributed by atoms with Crippen LogP contribution in [0.4, 0.5) is 0 Å². The fraction of sp³-hybridized carbons (Fsp3) is 0.294. The lowest BCUT2D eigenvalue weighted by molar-refractivity contribution is 0.402. The molecule has 2 aromatic carbocycles. The maximum Gasteiger partial charge on any atom is 0.244 e. The van der Waals surface area contributed by atoms with E-state index in [2.05, 4.69) is 0 Å². The first-order valence-electron chi connectivity index (χ1n) is 7.57. The molecule has 142 valence electrons. The zero-order chi connectivity index (χ0) is 19.5. The smallest absolute Gasteiger partial charge is 0.244 e. The number of hydrogen-bond acceptors (Lipinski definition) is 6. The molecule has 9 heteroatoms. The van der Waals surface area contributed by atoms with E-state index in [0.717, 1.165) is 21.0 Å². The van der Waals surface area contributed by atoms with Crippen molar-refractivity contribution in [2.75, 3.05) is 26.7 Å². The lowest BCUT2D eigenvalue weighted by Gasteiger charge is -2.19. The van der Waals surface area contributed by atoms with Gasteiger partial charge in [0, 0.05) is 24.7 Å². The van der Waals surface area contributed by atoms with Gasteiger partial charge in [-0.05, 0) is 36.1 Å². The van der Waals surface area contributed by atoms with Gasteiger partial charge in [-0.25, -0.2) is 16.8 Å². The molecule has 0 unspecified atom stereocenters. The van der Waals surface area contributed by atoms with E-state index in [4.69, 9.17) is 4.74 Å². The molecule has 2 rings (SSSR count). The number of thioether (sulfide) groups is 1. The lowest BCUT2D eigenvalue weighted by atomic mass is 10.2. The van der Waals surface area contributed by atoms with Crippen molar-refractivity contribution in [3.05, 3.63) is 48.0 Å². The Morgan fingerprint density at radius 1 is 1.04 bits per heavy atom. The van der Waals surface area contributed by atoms with Gasteiger partial charge in [0.15, 0.2) is 9.84 Å². The van der Waals surface area contributed by atoms with Crippen molar-refractivity contribution in [2.45, 2.75) is 21.2 Å². The molecule has 0 aromatic heterocycles. The van der Waals surface area contributed by atoms with Crippen LogP contribution in [0.25, 0.3) is 0 Å². The summed E-state index contributed by atoms with van der Waals surface area (Å²) in [5.74, 6) is 0.664. The van der Waals surface area contributed by atoms with Gasteiger partial charge in [-0.2, -0.15) is 4.31 Å². The van der Waals surface area contributed by atoms with E-state index in [1.165, 1.54) is 43.1 Å². The largest absolute Gasteiger partial charge is 0.496 e. The van der Waals surface area contributed by atoms with Crippen LogP contribution in [-0.4, -0.2) is 47.8 Å². The third-order valence-corrected chi connectivity index (χ3v) is 7.71. The summed E-state index contributed by atoms with van der Waals surface area (Å²) in [7, 11) is -4.67. The topological polar surface area (TPSA) is 80.8 Å². The molecule has 0 saturated heterocycles. The minimum atomic E-state index is -3.98. The third kappa shape index (κ3) is 4.40. The first kappa shape index (κ1) is 20.8. The molecule has 0 amide bonds. The number of rotatable bonds is 7. The van der Waals surface area contributed by atoms with Crippen molar-refractivity contribution in [3.63, 3.8) is 0 Å². The molecule has 2 aromatic rings. The maximum absolute atomic E-state index is 12.9. The molecular weight excluding hydrogens is 394 g/mol. The van der Waals surface area contributed by atoms with Crippen molar-refractivity contribution in [3.8, 4) is 5.75 Å². The predicted octanol–water partition coefficient (Wildman–Crippen LogP) is 2.64. The van der Waals surface area contributed by atoms with Crippen LogP contribution in [0.3, 0.4) is 0 Å². The van der Waals surface area contributed by atoms with Gasteiger partial charge >= 0.3 is 0 Å². The van der Waals surface area contributed by atoms with Crippen LogP contribution in [0.15, 0.2) is 57.2 Å². The quantitative estimate of drug-likeness (QED) is 0.647. The van der Waals surface area contributed by atoms with Gasteiger partial charge in [0.05, 0.1) is 12.0 Å². The van der Waals surface area contributed by atoms with E-state index in [1.807, 2.05) is 18.4 Å². The first-order chi connectivity index (χ1) is 12.1. The van der Waals surface area contributed by atoms with Crippen molar-refractivity contribution in [1.29, 1.82) is 0 Å². The zero-order valence-corrected chi connectivity index (χ0v) is 17.4. The lowest BCUT2D eigenvalue weighted by Crippen LogP contribution is -2.27. The Bertz CT molecular complexity index is 1000. The molecule has 0 aliphatic heterocycles. The summed E-state index contributed by atoms with van der Waals surface area (Å²) in [5, 5.41) is 0. The first-order valence-corrected chi connectivity index (χ1v) is 12.1. The molecule has 0 fully saturated rings.